The van der Waals surface area contributed by atoms with E-state index in [1.165, 1.54) is 16.7 Å². The van der Waals surface area contributed by atoms with E-state index in [2.05, 4.69) is 6.07 Å². The number of nitriles is 1. The fourth-order valence-corrected chi connectivity index (χ4v) is 7.65. The Labute approximate surface area is 358 Å². The summed E-state index contributed by atoms with van der Waals surface area (Å²) in [6.45, 7) is 1.42. The monoisotopic (exact) mass is 846 g/mol. The zero-order valence-corrected chi connectivity index (χ0v) is 35.0. The van der Waals surface area contributed by atoms with Crippen LogP contribution in [0.2, 0.25) is 0 Å². The molecule has 0 heterocycles. The zero-order chi connectivity index (χ0) is 42.7. The number of hydrogen-bond donors (Lipinski definition) is 0. The molecule has 0 N–H and O–H groups in total. The van der Waals surface area contributed by atoms with E-state index in [0.29, 0.717) is 4.20 Å². The number of hydrogen-bond acceptors (Lipinski definition) is 12. The van der Waals surface area contributed by atoms with Crippen molar-refractivity contribution in [1.82, 2.24) is 4.90 Å². The van der Waals surface area contributed by atoms with Crippen molar-refractivity contribution in [2.45, 2.75) is 63.4 Å². The van der Waals surface area contributed by atoms with E-state index in [1.54, 1.807) is 6.92 Å². The summed E-state index contributed by atoms with van der Waals surface area (Å²) in [5.74, 6) is -2.76. The van der Waals surface area contributed by atoms with E-state index in [-0.39, 0.29) is 83.9 Å². The van der Waals surface area contributed by atoms with Crippen molar-refractivity contribution in [3.8, 4) is 6.07 Å². The second-order valence-electron chi connectivity index (χ2n) is 14.1. The highest BCUT2D eigenvalue weighted by atomic mass is 32.2. The maximum absolute atomic E-state index is 13.5. The highest BCUT2D eigenvalue weighted by Gasteiger charge is 2.29. The smallest absolute Gasteiger partial charge is 0.306 e. The van der Waals surface area contributed by atoms with Gasteiger partial charge in [-0.05, 0) is 63.7 Å². The van der Waals surface area contributed by atoms with Gasteiger partial charge in [0.25, 0.3) is 0 Å². The van der Waals surface area contributed by atoms with Crippen LogP contribution in [0.3, 0.4) is 0 Å². The average molecular weight is 847 g/mol. The summed E-state index contributed by atoms with van der Waals surface area (Å²) in [6, 6.07) is 38.8. The van der Waals surface area contributed by atoms with Crippen molar-refractivity contribution < 1.29 is 42.9 Å². The number of carbonyl (C=O) groups is 5. The third kappa shape index (κ3) is 14.6. The Morgan fingerprint density at radius 2 is 1.03 bits per heavy atom. The normalized spacial score (nSPS) is 11.8. The molecule has 13 heteroatoms. The minimum Gasteiger partial charge on any atom is -0.464 e. The topological polar surface area (TPSA) is 149 Å². The van der Waals surface area contributed by atoms with Crippen molar-refractivity contribution in [2.75, 3.05) is 26.3 Å². The van der Waals surface area contributed by atoms with Crippen LogP contribution < -0.4 is 0 Å². The van der Waals surface area contributed by atoms with Gasteiger partial charge in [0.15, 0.2) is 0 Å². The SMILES string of the molecule is CC(C#N)(CCC(=O)N(CCOC(=O)CCC(=O)OCc1ccc2ccccc2c1)CCOC(=O)CCC(=O)OCc1ccc2ccccc2c1)SC(=S)c1ccccc1. The molecule has 5 rings (SSSR count). The standard InChI is InChI=1S/C47H46N2O9S2/c1-47(33-48,60-46(59)38-11-3-2-4-12-38)24-23-41(50)49(25-27-55-42(51)19-21-44(53)57-31-34-15-17-36-9-5-7-13-39(36)29-34)26-28-56-43(52)20-22-45(54)58-32-35-16-18-37-10-6-8-14-40(37)30-35/h2-18,29-30H,19-28,31-32H2,1H3. The van der Waals surface area contributed by atoms with Gasteiger partial charge in [0.1, 0.15) is 31.2 Å². The van der Waals surface area contributed by atoms with Crippen molar-refractivity contribution in [3.05, 3.63) is 132 Å². The fraction of sp³-hybridized carbons (Fsp3) is 0.298. The highest BCUT2D eigenvalue weighted by Crippen LogP contribution is 2.33. The van der Waals surface area contributed by atoms with E-state index in [9.17, 15) is 29.2 Å². The number of thioether (sulfide) groups is 1. The molecule has 0 aliphatic carbocycles. The number of carbonyl (C=O) groups excluding carboxylic acids is 5. The van der Waals surface area contributed by atoms with Crippen molar-refractivity contribution in [3.63, 3.8) is 0 Å². The second-order valence-corrected chi connectivity index (χ2v) is 16.3. The lowest BCUT2D eigenvalue weighted by Gasteiger charge is -2.25. The third-order valence-corrected chi connectivity index (χ3v) is 11.1. The molecule has 0 aromatic heterocycles. The van der Waals surface area contributed by atoms with E-state index in [1.807, 2.05) is 115 Å². The first kappa shape index (κ1) is 45.0. The minimum atomic E-state index is -1.01. The molecule has 0 aliphatic rings. The Morgan fingerprint density at radius 3 is 1.50 bits per heavy atom. The van der Waals surface area contributed by atoms with Gasteiger partial charge in [0.05, 0.1) is 49.0 Å². The van der Waals surface area contributed by atoms with E-state index in [0.717, 1.165) is 38.2 Å². The van der Waals surface area contributed by atoms with Crippen LogP contribution in [-0.2, 0) is 56.1 Å². The predicted octanol–water partition coefficient (Wildman–Crippen LogP) is 8.43. The zero-order valence-electron chi connectivity index (χ0n) is 33.3. The molecule has 0 bridgehead atoms. The van der Waals surface area contributed by atoms with Gasteiger partial charge in [0, 0.05) is 6.42 Å². The molecular formula is C47H46N2O9S2. The predicted molar refractivity (Wildman–Crippen MR) is 233 cm³/mol. The number of nitrogens with zero attached hydrogens (tertiary/aromatic N) is 2. The van der Waals surface area contributed by atoms with E-state index < -0.39 is 28.6 Å². The third-order valence-electron chi connectivity index (χ3n) is 9.47. The maximum atomic E-state index is 13.5. The summed E-state index contributed by atoms with van der Waals surface area (Å²) < 4.78 is 20.9. The molecule has 5 aromatic rings. The number of rotatable bonds is 21. The summed E-state index contributed by atoms with van der Waals surface area (Å²) in [6.07, 6.45) is -0.673. The molecule has 0 aliphatic heterocycles. The molecular weight excluding hydrogens is 801 g/mol. The highest BCUT2D eigenvalue weighted by molar-refractivity contribution is 8.24. The van der Waals surface area contributed by atoms with Gasteiger partial charge in [-0.15, -0.1) is 0 Å². The van der Waals surface area contributed by atoms with Crippen LogP contribution in [0.4, 0.5) is 0 Å². The van der Waals surface area contributed by atoms with Crippen LogP contribution in [-0.4, -0.2) is 69.9 Å². The quantitative estimate of drug-likeness (QED) is 0.0396. The summed E-state index contributed by atoms with van der Waals surface area (Å²) >= 11 is 6.77. The number of benzene rings is 5. The molecule has 60 heavy (non-hydrogen) atoms. The van der Waals surface area contributed by atoms with Gasteiger partial charge in [0.2, 0.25) is 5.91 Å². The van der Waals surface area contributed by atoms with Crippen LogP contribution in [0.1, 0.15) is 62.1 Å². The average Bonchev–Trinajstić information content (AvgIpc) is 3.27. The first-order chi connectivity index (χ1) is 29.0. The Morgan fingerprint density at radius 1 is 0.600 bits per heavy atom. The number of fused-ring (bicyclic) bond motifs is 2. The van der Waals surface area contributed by atoms with Gasteiger partial charge in [-0.3, -0.25) is 24.0 Å². The van der Waals surface area contributed by atoms with Crippen LogP contribution in [0.15, 0.2) is 115 Å². The minimum absolute atomic E-state index is 0.0333. The molecule has 310 valence electrons. The lowest BCUT2D eigenvalue weighted by Crippen LogP contribution is -2.38. The van der Waals surface area contributed by atoms with Crippen molar-refractivity contribution in [1.29, 1.82) is 5.26 Å². The molecule has 11 nitrogen and oxygen atoms in total. The van der Waals surface area contributed by atoms with E-state index >= 15 is 0 Å². The van der Waals surface area contributed by atoms with E-state index in [4.69, 9.17) is 31.2 Å². The first-order valence-corrected chi connectivity index (χ1v) is 20.8. The van der Waals surface area contributed by atoms with Crippen LogP contribution in [0, 0.1) is 11.3 Å². The van der Waals surface area contributed by atoms with Crippen molar-refractivity contribution >= 4 is 79.5 Å². The summed E-state index contributed by atoms with van der Waals surface area (Å²) in [5.41, 5.74) is 2.44. The number of thiocarbonyl (C=S) groups is 1. The molecule has 5 aromatic carbocycles. The lowest BCUT2D eigenvalue weighted by molar-refractivity contribution is -0.152. The number of ether oxygens (including phenoxy) is 4. The Hall–Kier alpha value is -6.10. The van der Waals surface area contributed by atoms with Crippen LogP contribution in [0.5, 0.6) is 0 Å². The number of esters is 4. The summed E-state index contributed by atoms with van der Waals surface area (Å²) in [7, 11) is 0. The summed E-state index contributed by atoms with van der Waals surface area (Å²) in [4.78, 5) is 64.8. The molecule has 1 amide bonds. The van der Waals surface area contributed by atoms with Gasteiger partial charge in [-0.1, -0.05) is 127 Å². The number of amides is 1. The Bertz CT molecular complexity index is 2230. The van der Waals surface area contributed by atoms with Crippen LogP contribution >= 0.6 is 24.0 Å². The first-order valence-electron chi connectivity index (χ1n) is 19.6. The fourth-order valence-electron chi connectivity index (χ4n) is 6.05. The molecule has 0 saturated heterocycles. The second kappa shape index (κ2) is 22.9. The molecule has 0 spiro atoms. The Kier molecular flexibility index (Phi) is 17.2. The molecule has 1 unspecified atom stereocenters. The Balaban J connectivity index is 1.07. The largest absolute Gasteiger partial charge is 0.464 e. The lowest BCUT2D eigenvalue weighted by atomic mass is 10.1. The summed E-state index contributed by atoms with van der Waals surface area (Å²) in [5, 5.41) is 14.2. The van der Waals surface area contributed by atoms with Crippen LogP contribution in [0.25, 0.3) is 21.5 Å². The maximum Gasteiger partial charge on any atom is 0.306 e. The van der Waals surface area contributed by atoms with Gasteiger partial charge < -0.3 is 23.8 Å². The van der Waals surface area contributed by atoms with Crippen molar-refractivity contribution in [2.24, 2.45) is 0 Å². The van der Waals surface area contributed by atoms with Gasteiger partial charge >= 0.3 is 23.9 Å². The van der Waals surface area contributed by atoms with Gasteiger partial charge in [-0.25, -0.2) is 0 Å². The molecule has 1 atom stereocenters. The molecule has 0 fully saturated rings. The molecule has 0 saturated carbocycles. The molecule has 0 radical (unpaired) electrons. The van der Waals surface area contributed by atoms with Gasteiger partial charge in [-0.2, -0.15) is 5.26 Å².